The van der Waals surface area contributed by atoms with Gasteiger partial charge < -0.3 is 25.4 Å². The molecule has 7 nitrogen and oxygen atoms in total. The number of carbonyl (C=O) groups excluding carboxylic acids is 2. The summed E-state index contributed by atoms with van der Waals surface area (Å²) < 4.78 is 11.0. The first-order valence-corrected chi connectivity index (χ1v) is 7.94. The highest BCUT2D eigenvalue weighted by Crippen LogP contribution is 2.32. The molecule has 0 spiro atoms. The van der Waals surface area contributed by atoms with E-state index < -0.39 is 0 Å². The van der Waals surface area contributed by atoms with Gasteiger partial charge >= 0.3 is 0 Å². The summed E-state index contributed by atoms with van der Waals surface area (Å²) in [5, 5.41) is 2.87. The Morgan fingerprint density at radius 1 is 1.26 bits per heavy atom. The van der Waals surface area contributed by atoms with Crippen LogP contribution in [0.15, 0.2) is 18.2 Å². The van der Waals surface area contributed by atoms with Crippen molar-refractivity contribution in [1.29, 1.82) is 0 Å². The Hall–Kier alpha value is -2.28. The summed E-state index contributed by atoms with van der Waals surface area (Å²) in [4.78, 5) is 24.6. The van der Waals surface area contributed by atoms with Gasteiger partial charge in [-0.1, -0.05) is 0 Å². The minimum atomic E-state index is -0.269. The zero-order chi connectivity index (χ0) is 16.2. The molecule has 2 heterocycles. The maximum absolute atomic E-state index is 12.2. The van der Waals surface area contributed by atoms with Gasteiger partial charge in [-0.25, -0.2) is 0 Å². The Morgan fingerprint density at radius 3 is 2.83 bits per heavy atom. The van der Waals surface area contributed by atoms with Crippen molar-refractivity contribution < 1.29 is 24.0 Å². The molecule has 2 aliphatic heterocycles. The molecule has 1 aromatic rings. The highest BCUT2D eigenvalue weighted by atomic mass is 16.6. The number of amides is 2. The molecule has 124 valence electrons. The first-order valence-electron chi connectivity index (χ1n) is 7.94. The fourth-order valence-corrected chi connectivity index (χ4v) is 3.11. The molecule has 1 unspecified atom stereocenters. The first-order chi connectivity index (χ1) is 11.1. The number of rotatable bonds is 4. The van der Waals surface area contributed by atoms with Crippen LogP contribution in [0, 0.1) is 5.92 Å². The predicted molar refractivity (Wildman–Crippen MR) is 83.5 cm³/mol. The van der Waals surface area contributed by atoms with Gasteiger partial charge in [0.05, 0.1) is 19.0 Å². The van der Waals surface area contributed by atoms with E-state index >= 15 is 0 Å². The van der Waals surface area contributed by atoms with Crippen LogP contribution in [0.1, 0.15) is 12.8 Å². The molecule has 2 atom stereocenters. The zero-order valence-corrected chi connectivity index (χ0v) is 13.0. The number of nitrogens with one attached hydrogen (secondary N) is 2. The van der Waals surface area contributed by atoms with Crippen molar-refractivity contribution in [3.8, 4) is 11.5 Å². The monoisotopic (exact) mass is 320 g/mol. The molecule has 2 amide bonds. The standard InChI is InChI=1S/C16H21N3O4/c17-16(21)11-2-1-5-19(9-11)10-15(20)18-12-3-4-13-14(8-12)23-7-6-22-13/h3-4,8,11H,1-2,5-7,9-10H2,(H2,17,21)(H,18,20)/p+1/t11-/m1/s1. The van der Waals surface area contributed by atoms with Gasteiger partial charge in [0.2, 0.25) is 5.91 Å². The number of primary amides is 1. The van der Waals surface area contributed by atoms with E-state index in [1.54, 1.807) is 18.2 Å². The van der Waals surface area contributed by atoms with Crippen LogP contribution in [0.3, 0.4) is 0 Å². The summed E-state index contributed by atoms with van der Waals surface area (Å²) in [6, 6.07) is 5.36. The second kappa shape index (κ2) is 6.87. The van der Waals surface area contributed by atoms with Crippen molar-refractivity contribution in [2.45, 2.75) is 12.8 Å². The SMILES string of the molecule is NC(=O)[C@@H]1CCC[NH+](CC(=O)Nc2ccc3c(c2)OCCO3)C1. The summed E-state index contributed by atoms with van der Waals surface area (Å²) in [6.45, 7) is 2.90. The average molecular weight is 320 g/mol. The van der Waals surface area contributed by atoms with E-state index in [2.05, 4.69) is 5.32 Å². The maximum atomic E-state index is 12.2. The molecular formula is C16H22N3O4+. The lowest BCUT2D eigenvalue weighted by Gasteiger charge is -2.27. The molecule has 0 aliphatic carbocycles. The molecule has 2 aliphatic rings. The second-order valence-electron chi connectivity index (χ2n) is 6.03. The third-order valence-electron chi connectivity index (χ3n) is 4.26. The molecule has 0 bridgehead atoms. The Balaban J connectivity index is 1.56. The molecule has 1 aromatic carbocycles. The van der Waals surface area contributed by atoms with Crippen LogP contribution in [-0.2, 0) is 9.59 Å². The lowest BCUT2D eigenvalue weighted by Crippen LogP contribution is -3.14. The molecule has 23 heavy (non-hydrogen) atoms. The van der Waals surface area contributed by atoms with Crippen LogP contribution in [-0.4, -0.2) is 44.7 Å². The molecule has 1 saturated heterocycles. The number of carbonyl (C=O) groups is 2. The molecule has 1 fully saturated rings. The van der Waals surface area contributed by atoms with Crippen LogP contribution < -0.4 is 25.4 Å². The van der Waals surface area contributed by atoms with E-state index in [0.717, 1.165) is 24.3 Å². The van der Waals surface area contributed by atoms with Gasteiger partial charge in [0.15, 0.2) is 18.0 Å². The van der Waals surface area contributed by atoms with Crippen LogP contribution in [0.25, 0.3) is 0 Å². The smallest absolute Gasteiger partial charge is 0.279 e. The number of ether oxygens (including phenoxy) is 2. The van der Waals surface area contributed by atoms with Gasteiger partial charge in [0.25, 0.3) is 5.91 Å². The summed E-state index contributed by atoms with van der Waals surface area (Å²) in [6.07, 6.45) is 1.74. The molecule has 0 aromatic heterocycles. The van der Waals surface area contributed by atoms with Crippen LogP contribution in [0.4, 0.5) is 5.69 Å². The van der Waals surface area contributed by atoms with Crippen molar-refractivity contribution in [3.63, 3.8) is 0 Å². The van der Waals surface area contributed by atoms with E-state index in [1.807, 2.05) is 0 Å². The van der Waals surface area contributed by atoms with E-state index in [-0.39, 0.29) is 17.7 Å². The summed E-state index contributed by atoms with van der Waals surface area (Å²) in [5.74, 6) is 0.866. The summed E-state index contributed by atoms with van der Waals surface area (Å²) >= 11 is 0. The number of nitrogens with two attached hydrogens (primary N) is 1. The number of anilines is 1. The molecule has 0 radical (unpaired) electrons. The number of fused-ring (bicyclic) bond motifs is 1. The Morgan fingerprint density at radius 2 is 2.04 bits per heavy atom. The fourth-order valence-electron chi connectivity index (χ4n) is 3.11. The quantitative estimate of drug-likeness (QED) is 0.675. The third kappa shape index (κ3) is 3.92. The molecular weight excluding hydrogens is 298 g/mol. The number of hydrogen-bond acceptors (Lipinski definition) is 4. The number of hydrogen-bond donors (Lipinski definition) is 3. The normalized spacial score (nSPS) is 23.1. The lowest BCUT2D eigenvalue weighted by molar-refractivity contribution is -0.899. The highest BCUT2D eigenvalue weighted by Gasteiger charge is 2.28. The van der Waals surface area contributed by atoms with Crippen molar-refractivity contribution in [3.05, 3.63) is 18.2 Å². The van der Waals surface area contributed by atoms with Crippen molar-refractivity contribution >= 4 is 17.5 Å². The van der Waals surface area contributed by atoms with Gasteiger partial charge in [-0.15, -0.1) is 0 Å². The summed E-state index contributed by atoms with van der Waals surface area (Å²) in [7, 11) is 0. The lowest BCUT2D eigenvalue weighted by atomic mass is 9.97. The Kier molecular flexibility index (Phi) is 4.66. The second-order valence-corrected chi connectivity index (χ2v) is 6.03. The van der Waals surface area contributed by atoms with Crippen molar-refractivity contribution in [2.75, 3.05) is 38.2 Å². The molecule has 4 N–H and O–H groups in total. The van der Waals surface area contributed by atoms with Crippen LogP contribution in [0.2, 0.25) is 0 Å². The van der Waals surface area contributed by atoms with Crippen molar-refractivity contribution in [2.24, 2.45) is 11.7 Å². The minimum Gasteiger partial charge on any atom is -0.486 e. The Labute approximate surface area is 134 Å². The summed E-state index contributed by atoms with van der Waals surface area (Å²) in [5.41, 5.74) is 6.05. The van der Waals surface area contributed by atoms with E-state index in [1.165, 1.54) is 0 Å². The van der Waals surface area contributed by atoms with Gasteiger partial charge in [-0.2, -0.15) is 0 Å². The van der Waals surface area contributed by atoms with Gasteiger partial charge in [-0.3, -0.25) is 9.59 Å². The van der Waals surface area contributed by atoms with E-state index in [0.29, 0.717) is 43.5 Å². The van der Waals surface area contributed by atoms with Crippen LogP contribution in [0.5, 0.6) is 11.5 Å². The number of piperidine rings is 1. The maximum Gasteiger partial charge on any atom is 0.279 e. The molecule has 3 rings (SSSR count). The largest absolute Gasteiger partial charge is 0.486 e. The topological polar surface area (TPSA) is 95.1 Å². The highest BCUT2D eigenvalue weighted by molar-refractivity contribution is 5.91. The zero-order valence-electron chi connectivity index (χ0n) is 13.0. The Bertz CT molecular complexity index is 605. The van der Waals surface area contributed by atoms with Gasteiger partial charge in [0.1, 0.15) is 13.2 Å². The minimum absolute atomic E-state index is 0.0817. The average Bonchev–Trinajstić information content (AvgIpc) is 2.55. The van der Waals surface area contributed by atoms with Gasteiger partial charge in [0, 0.05) is 11.8 Å². The number of likely N-dealkylation sites (tertiary alicyclic amines) is 1. The first kappa shape index (κ1) is 15.6. The van der Waals surface area contributed by atoms with Gasteiger partial charge in [-0.05, 0) is 25.0 Å². The number of benzene rings is 1. The van der Waals surface area contributed by atoms with Crippen molar-refractivity contribution in [1.82, 2.24) is 0 Å². The molecule has 0 saturated carbocycles. The van der Waals surface area contributed by atoms with Crippen LogP contribution >= 0.6 is 0 Å². The molecule has 7 heteroatoms. The fraction of sp³-hybridized carbons (Fsp3) is 0.500. The number of quaternary nitrogens is 1. The van der Waals surface area contributed by atoms with E-state index in [4.69, 9.17) is 15.2 Å². The predicted octanol–water partition coefficient (Wildman–Crippen LogP) is -0.823. The van der Waals surface area contributed by atoms with E-state index in [9.17, 15) is 9.59 Å². The third-order valence-corrected chi connectivity index (χ3v) is 4.26.